The summed E-state index contributed by atoms with van der Waals surface area (Å²) in [6, 6.07) is 12.9. The van der Waals surface area contributed by atoms with Crippen molar-refractivity contribution in [2.45, 2.75) is 48.3 Å². The molecule has 0 aliphatic heterocycles. The summed E-state index contributed by atoms with van der Waals surface area (Å²) < 4.78 is 39.1. The van der Waals surface area contributed by atoms with Crippen LogP contribution < -0.4 is 5.32 Å². The number of aliphatic carboxylic acids is 1. The van der Waals surface area contributed by atoms with E-state index < -0.39 is 26.6 Å². The Morgan fingerprint density at radius 2 is 1.69 bits per heavy atom. The molecule has 3 aromatic rings. The molecule has 1 aromatic heterocycles. The lowest BCUT2D eigenvalue weighted by molar-refractivity contribution is -0.139. The first-order valence-corrected chi connectivity index (χ1v) is 12.7. The number of aromatic nitrogens is 2. The summed E-state index contributed by atoms with van der Waals surface area (Å²) in [7, 11) is -2.43. The van der Waals surface area contributed by atoms with Gasteiger partial charge in [0.15, 0.2) is 14.6 Å². The number of aryl methyl sites for hydroxylation is 1. The molecule has 1 saturated carbocycles. The Hall–Kier alpha value is -3.53. The smallest absolute Gasteiger partial charge is 0.325 e. The largest absolute Gasteiger partial charge is 0.480 e. The molecule has 1 atom stereocenters. The lowest BCUT2D eigenvalue weighted by Gasteiger charge is -2.24. The SMILES string of the molecule is CC(NC(=O)c1cc(-c2ccc(F)cc2)nn1C)c1ccc(S(=O)(=O)C2(C(=O)O)CCCC2)cc1. The Balaban J connectivity index is 1.50. The van der Waals surface area contributed by atoms with E-state index in [9.17, 15) is 27.5 Å². The average Bonchev–Trinajstić information content (AvgIpc) is 3.48. The maximum absolute atomic E-state index is 13.2. The molecule has 35 heavy (non-hydrogen) atoms. The van der Waals surface area contributed by atoms with Crippen LogP contribution in [0.1, 0.15) is 54.7 Å². The van der Waals surface area contributed by atoms with Crippen molar-refractivity contribution in [3.8, 4) is 11.3 Å². The Morgan fingerprint density at radius 3 is 2.26 bits per heavy atom. The lowest BCUT2D eigenvalue weighted by atomic mass is 10.1. The Labute approximate surface area is 202 Å². The van der Waals surface area contributed by atoms with Crippen LogP contribution in [0.3, 0.4) is 0 Å². The van der Waals surface area contributed by atoms with Crippen molar-refractivity contribution in [2.75, 3.05) is 0 Å². The molecule has 1 amide bonds. The van der Waals surface area contributed by atoms with Crippen molar-refractivity contribution in [1.29, 1.82) is 0 Å². The molecular weight excluding hydrogens is 473 g/mol. The van der Waals surface area contributed by atoms with Crippen molar-refractivity contribution >= 4 is 21.7 Å². The number of nitrogens with one attached hydrogen (secondary N) is 1. The number of halogens is 1. The van der Waals surface area contributed by atoms with Gasteiger partial charge in [-0.3, -0.25) is 14.3 Å². The van der Waals surface area contributed by atoms with Gasteiger partial charge in [0.2, 0.25) is 0 Å². The molecular formula is C25H26FN3O5S. The van der Waals surface area contributed by atoms with Gasteiger partial charge in [0.05, 0.1) is 16.6 Å². The highest BCUT2D eigenvalue weighted by Crippen LogP contribution is 2.41. The van der Waals surface area contributed by atoms with Crippen LogP contribution in [0.4, 0.5) is 4.39 Å². The molecule has 0 spiro atoms. The van der Waals surface area contributed by atoms with E-state index in [4.69, 9.17) is 0 Å². The number of amides is 1. The standard InChI is InChI=1S/C25H26FN3O5S/c1-16(27-23(30)22-15-21(28-29(22)2)18-5-9-19(26)10-6-18)17-7-11-20(12-8-17)35(33,34)25(24(31)32)13-3-4-14-25/h5-12,15-16H,3-4,13-14H2,1-2H3,(H,27,30)(H,31,32). The van der Waals surface area contributed by atoms with Crippen molar-refractivity contribution in [2.24, 2.45) is 7.05 Å². The minimum Gasteiger partial charge on any atom is -0.480 e. The number of carbonyl (C=O) groups excluding carboxylic acids is 1. The number of sulfone groups is 1. The van der Waals surface area contributed by atoms with Gasteiger partial charge in [0, 0.05) is 12.6 Å². The summed E-state index contributed by atoms with van der Waals surface area (Å²) in [5.41, 5.74) is 2.17. The highest BCUT2D eigenvalue weighted by molar-refractivity contribution is 7.93. The molecule has 10 heteroatoms. The number of carboxylic acids is 1. The third-order valence-electron chi connectivity index (χ3n) is 6.61. The summed E-state index contributed by atoms with van der Waals surface area (Å²) in [5, 5.41) is 16.9. The summed E-state index contributed by atoms with van der Waals surface area (Å²) >= 11 is 0. The molecule has 1 aliphatic rings. The number of carbonyl (C=O) groups is 2. The van der Waals surface area contributed by atoms with Gasteiger partial charge in [0.1, 0.15) is 11.5 Å². The van der Waals surface area contributed by atoms with E-state index in [2.05, 4.69) is 10.4 Å². The topological polar surface area (TPSA) is 118 Å². The zero-order chi connectivity index (χ0) is 25.4. The van der Waals surface area contributed by atoms with Gasteiger partial charge >= 0.3 is 5.97 Å². The van der Waals surface area contributed by atoms with E-state index in [1.807, 2.05) is 0 Å². The first kappa shape index (κ1) is 24.6. The summed E-state index contributed by atoms with van der Waals surface area (Å²) in [4.78, 5) is 24.7. The first-order valence-electron chi connectivity index (χ1n) is 11.2. The van der Waals surface area contributed by atoms with Gasteiger partial charge in [0.25, 0.3) is 5.91 Å². The maximum atomic E-state index is 13.2. The fourth-order valence-corrected chi connectivity index (χ4v) is 6.50. The second kappa shape index (κ2) is 9.26. The summed E-state index contributed by atoms with van der Waals surface area (Å²) in [6.45, 7) is 1.76. The number of rotatable bonds is 7. The fourth-order valence-electron chi connectivity index (χ4n) is 4.50. The average molecular weight is 500 g/mol. The molecule has 1 unspecified atom stereocenters. The molecule has 1 heterocycles. The van der Waals surface area contributed by atoms with E-state index >= 15 is 0 Å². The lowest BCUT2D eigenvalue weighted by Crippen LogP contribution is -2.43. The Morgan fingerprint density at radius 1 is 1.09 bits per heavy atom. The molecule has 1 aliphatic carbocycles. The number of hydrogen-bond acceptors (Lipinski definition) is 5. The van der Waals surface area contributed by atoms with Gasteiger partial charge in [-0.05, 0) is 67.8 Å². The molecule has 0 bridgehead atoms. The molecule has 4 rings (SSSR count). The highest BCUT2D eigenvalue weighted by atomic mass is 32.2. The maximum Gasteiger partial charge on any atom is 0.325 e. The van der Waals surface area contributed by atoms with Crippen molar-refractivity contribution in [1.82, 2.24) is 15.1 Å². The van der Waals surface area contributed by atoms with Crippen LogP contribution in [-0.2, 0) is 21.7 Å². The zero-order valence-electron chi connectivity index (χ0n) is 19.4. The molecule has 2 N–H and O–H groups in total. The third-order valence-corrected chi connectivity index (χ3v) is 9.11. The minimum absolute atomic E-state index is 0.0420. The van der Waals surface area contributed by atoms with E-state index in [0.717, 1.165) is 0 Å². The molecule has 1 fully saturated rings. The Kier molecular flexibility index (Phi) is 6.50. The monoisotopic (exact) mass is 499 g/mol. The van der Waals surface area contributed by atoms with Gasteiger partial charge in [-0.2, -0.15) is 5.10 Å². The molecule has 184 valence electrons. The van der Waals surface area contributed by atoms with E-state index in [-0.39, 0.29) is 29.5 Å². The zero-order valence-corrected chi connectivity index (χ0v) is 20.2. The quantitative estimate of drug-likeness (QED) is 0.509. The molecule has 8 nitrogen and oxygen atoms in total. The van der Waals surface area contributed by atoms with Gasteiger partial charge in [-0.25, -0.2) is 12.8 Å². The van der Waals surface area contributed by atoms with E-state index in [0.29, 0.717) is 35.4 Å². The van der Waals surface area contributed by atoms with Gasteiger partial charge in [-0.15, -0.1) is 0 Å². The van der Waals surface area contributed by atoms with E-state index in [1.165, 1.54) is 28.9 Å². The second-order valence-corrected chi connectivity index (χ2v) is 11.1. The van der Waals surface area contributed by atoms with Gasteiger partial charge in [-0.1, -0.05) is 25.0 Å². The van der Waals surface area contributed by atoms with Crippen LogP contribution in [0, 0.1) is 5.82 Å². The fraction of sp³-hybridized carbons (Fsp3) is 0.320. The Bertz CT molecular complexity index is 1360. The van der Waals surface area contributed by atoms with Crippen LogP contribution in [-0.4, -0.2) is 39.9 Å². The van der Waals surface area contributed by atoms with Crippen LogP contribution in [0.25, 0.3) is 11.3 Å². The van der Waals surface area contributed by atoms with Gasteiger partial charge < -0.3 is 10.4 Å². The number of nitrogens with zero attached hydrogens (tertiary/aromatic N) is 2. The predicted molar refractivity (Wildman–Crippen MR) is 127 cm³/mol. The molecule has 0 saturated heterocycles. The third kappa shape index (κ3) is 4.45. The predicted octanol–water partition coefficient (Wildman–Crippen LogP) is 3.89. The van der Waals surface area contributed by atoms with Crippen molar-refractivity contribution < 1.29 is 27.5 Å². The number of benzene rings is 2. The molecule has 2 aromatic carbocycles. The number of hydrogen-bond donors (Lipinski definition) is 2. The van der Waals surface area contributed by atoms with Crippen LogP contribution in [0.2, 0.25) is 0 Å². The number of carboxylic acid groups (broad SMARTS) is 1. The van der Waals surface area contributed by atoms with Crippen LogP contribution >= 0.6 is 0 Å². The van der Waals surface area contributed by atoms with E-state index in [1.54, 1.807) is 44.3 Å². The minimum atomic E-state index is -4.06. The normalized spacial score (nSPS) is 16.1. The second-order valence-electron chi connectivity index (χ2n) is 8.82. The summed E-state index contributed by atoms with van der Waals surface area (Å²) in [5.74, 6) is -2.05. The van der Waals surface area contributed by atoms with Crippen molar-refractivity contribution in [3.05, 3.63) is 71.7 Å². The summed E-state index contributed by atoms with van der Waals surface area (Å²) in [6.07, 6.45) is 1.32. The van der Waals surface area contributed by atoms with Crippen LogP contribution in [0.5, 0.6) is 0 Å². The van der Waals surface area contributed by atoms with Crippen molar-refractivity contribution in [3.63, 3.8) is 0 Å². The van der Waals surface area contributed by atoms with Crippen LogP contribution in [0.15, 0.2) is 59.5 Å². The highest BCUT2D eigenvalue weighted by Gasteiger charge is 2.53. The molecule has 0 radical (unpaired) electrons. The first-order chi connectivity index (χ1) is 16.5.